The zero-order chi connectivity index (χ0) is 9.19. The van der Waals surface area contributed by atoms with Crippen LogP contribution in [-0.2, 0) is 5.41 Å². The molecule has 0 N–H and O–H groups in total. The molecule has 0 saturated carbocycles. The predicted octanol–water partition coefficient (Wildman–Crippen LogP) is 2.94. The lowest BCUT2D eigenvalue weighted by Gasteiger charge is -2.21. The molecule has 0 aliphatic heterocycles. The molecule has 0 aromatic carbocycles. The molecule has 0 unspecified atom stereocenters. The lowest BCUT2D eigenvalue weighted by atomic mass is 9.88. The fourth-order valence-electron chi connectivity index (χ4n) is 0.873. The largest absolute Gasteiger partial charge is 0.263 e. The Morgan fingerprint density at radius 2 is 2.17 bits per heavy atom. The molecule has 0 aliphatic carbocycles. The number of hydrogen-bond acceptors (Lipinski definition) is 2. The standard InChI is InChI=1S/C9H12ClNS/c1-9(2,6-12)7-3-8(10)5-11-4-7/h3-5,12H,6H2,1-2H3. The highest BCUT2D eigenvalue weighted by Crippen LogP contribution is 2.25. The average Bonchev–Trinajstić information content (AvgIpc) is 2.05. The van der Waals surface area contributed by atoms with Gasteiger partial charge in [-0.3, -0.25) is 4.98 Å². The van der Waals surface area contributed by atoms with E-state index < -0.39 is 0 Å². The molecule has 1 aromatic rings. The summed E-state index contributed by atoms with van der Waals surface area (Å²) in [5.74, 6) is 0.787. The van der Waals surface area contributed by atoms with E-state index in [0.717, 1.165) is 11.3 Å². The van der Waals surface area contributed by atoms with E-state index in [0.29, 0.717) is 5.02 Å². The monoisotopic (exact) mass is 201 g/mol. The van der Waals surface area contributed by atoms with Gasteiger partial charge in [0.2, 0.25) is 0 Å². The van der Waals surface area contributed by atoms with E-state index in [2.05, 4.69) is 31.5 Å². The fourth-order valence-corrected chi connectivity index (χ4v) is 1.23. The second-order valence-electron chi connectivity index (χ2n) is 3.43. The van der Waals surface area contributed by atoms with Crippen LogP contribution in [0.3, 0.4) is 0 Å². The predicted molar refractivity (Wildman–Crippen MR) is 56.1 cm³/mol. The van der Waals surface area contributed by atoms with Gasteiger partial charge >= 0.3 is 0 Å². The molecule has 1 rings (SSSR count). The number of aromatic nitrogens is 1. The lowest BCUT2D eigenvalue weighted by molar-refractivity contribution is 0.601. The van der Waals surface area contributed by atoms with Gasteiger partial charge in [-0.05, 0) is 17.4 Å². The molecule has 0 saturated heterocycles. The fraction of sp³-hybridized carbons (Fsp3) is 0.444. The van der Waals surface area contributed by atoms with Gasteiger partial charge < -0.3 is 0 Å². The molecule has 1 nitrogen and oxygen atoms in total. The molecule has 66 valence electrons. The Morgan fingerprint density at radius 3 is 2.67 bits per heavy atom. The van der Waals surface area contributed by atoms with Crippen molar-refractivity contribution in [1.29, 1.82) is 0 Å². The van der Waals surface area contributed by atoms with Gasteiger partial charge in [0.15, 0.2) is 0 Å². The van der Waals surface area contributed by atoms with Crippen molar-refractivity contribution >= 4 is 24.2 Å². The Balaban J connectivity index is 3.03. The SMILES string of the molecule is CC(C)(CS)c1cncc(Cl)c1. The third kappa shape index (κ3) is 2.14. The van der Waals surface area contributed by atoms with Gasteiger partial charge in [0.05, 0.1) is 5.02 Å². The van der Waals surface area contributed by atoms with E-state index in [1.807, 2.05) is 12.3 Å². The molecule has 0 radical (unpaired) electrons. The van der Waals surface area contributed by atoms with Crippen molar-refractivity contribution in [1.82, 2.24) is 4.98 Å². The number of rotatable bonds is 2. The maximum atomic E-state index is 5.82. The summed E-state index contributed by atoms with van der Waals surface area (Å²) >= 11 is 10.1. The second-order valence-corrected chi connectivity index (χ2v) is 4.19. The molecular weight excluding hydrogens is 190 g/mol. The molecular formula is C9H12ClNS. The summed E-state index contributed by atoms with van der Waals surface area (Å²) in [6, 6.07) is 1.94. The lowest BCUT2D eigenvalue weighted by Crippen LogP contribution is -2.19. The molecule has 12 heavy (non-hydrogen) atoms. The average molecular weight is 202 g/mol. The normalized spacial score (nSPS) is 11.7. The highest BCUT2D eigenvalue weighted by atomic mass is 35.5. The Hall–Kier alpha value is -0.210. The van der Waals surface area contributed by atoms with E-state index in [-0.39, 0.29) is 5.41 Å². The zero-order valence-electron chi connectivity index (χ0n) is 7.21. The number of thiol groups is 1. The minimum absolute atomic E-state index is 0.0427. The first-order valence-electron chi connectivity index (χ1n) is 3.78. The maximum absolute atomic E-state index is 5.82. The van der Waals surface area contributed by atoms with Crippen molar-refractivity contribution in [3.05, 3.63) is 29.0 Å². The summed E-state index contributed by atoms with van der Waals surface area (Å²) in [5, 5.41) is 0.683. The van der Waals surface area contributed by atoms with Crippen LogP contribution in [-0.4, -0.2) is 10.7 Å². The van der Waals surface area contributed by atoms with Crippen molar-refractivity contribution in [3.8, 4) is 0 Å². The van der Waals surface area contributed by atoms with Crippen LogP contribution < -0.4 is 0 Å². The first-order chi connectivity index (χ1) is 5.56. The number of halogens is 1. The van der Waals surface area contributed by atoms with Gasteiger partial charge in [0.25, 0.3) is 0 Å². The van der Waals surface area contributed by atoms with Crippen LogP contribution >= 0.6 is 24.2 Å². The van der Waals surface area contributed by atoms with Gasteiger partial charge in [0.1, 0.15) is 0 Å². The van der Waals surface area contributed by atoms with E-state index >= 15 is 0 Å². The molecule has 0 amide bonds. The van der Waals surface area contributed by atoms with Crippen molar-refractivity contribution in [2.24, 2.45) is 0 Å². The van der Waals surface area contributed by atoms with Gasteiger partial charge in [0, 0.05) is 17.8 Å². The van der Waals surface area contributed by atoms with Gasteiger partial charge in [-0.15, -0.1) is 0 Å². The van der Waals surface area contributed by atoms with Gasteiger partial charge in [-0.1, -0.05) is 25.4 Å². The number of pyridine rings is 1. The van der Waals surface area contributed by atoms with Crippen molar-refractivity contribution in [2.75, 3.05) is 5.75 Å². The van der Waals surface area contributed by atoms with Crippen LogP contribution in [0.5, 0.6) is 0 Å². The maximum Gasteiger partial charge on any atom is 0.0592 e. The van der Waals surface area contributed by atoms with Crippen LogP contribution in [0.1, 0.15) is 19.4 Å². The van der Waals surface area contributed by atoms with Crippen LogP contribution in [0.25, 0.3) is 0 Å². The molecule has 1 heterocycles. The minimum Gasteiger partial charge on any atom is -0.263 e. The molecule has 3 heteroatoms. The summed E-state index contributed by atoms with van der Waals surface area (Å²) in [5.41, 5.74) is 1.17. The Morgan fingerprint density at radius 1 is 1.50 bits per heavy atom. The van der Waals surface area contributed by atoms with Crippen LogP contribution in [0.4, 0.5) is 0 Å². The Bertz CT molecular complexity index is 273. The topological polar surface area (TPSA) is 12.9 Å². The van der Waals surface area contributed by atoms with Gasteiger partial charge in [-0.2, -0.15) is 12.6 Å². The van der Waals surface area contributed by atoms with Crippen LogP contribution in [0, 0.1) is 0 Å². The summed E-state index contributed by atoms with van der Waals surface area (Å²) < 4.78 is 0. The van der Waals surface area contributed by atoms with Gasteiger partial charge in [-0.25, -0.2) is 0 Å². The summed E-state index contributed by atoms with van der Waals surface area (Å²) in [4.78, 5) is 4.03. The third-order valence-electron chi connectivity index (χ3n) is 1.88. The second kappa shape index (κ2) is 3.67. The summed E-state index contributed by atoms with van der Waals surface area (Å²) in [6.07, 6.45) is 3.47. The molecule has 0 aliphatic rings. The highest BCUT2D eigenvalue weighted by Gasteiger charge is 2.18. The Labute approximate surface area is 83.6 Å². The molecule has 0 spiro atoms. The quantitative estimate of drug-likeness (QED) is 0.727. The summed E-state index contributed by atoms with van der Waals surface area (Å²) in [6.45, 7) is 4.24. The third-order valence-corrected chi connectivity index (χ3v) is 2.88. The number of hydrogen-bond donors (Lipinski definition) is 1. The van der Waals surface area contributed by atoms with Crippen molar-refractivity contribution in [3.63, 3.8) is 0 Å². The highest BCUT2D eigenvalue weighted by molar-refractivity contribution is 7.80. The molecule has 1 aromatic heterocycles. The molecule has 0 bridgehead atoms. The van der Waals surface area contributed by atoms with E-state index in [9.17, 15) is 0 Å². The summed E-state index contributed by atoms with van der Waals surface area (Å²) in [7, 11) is 0. The van der Waals surface area contributed by atoms with E-state index in [1.54, 1.807) is 6.20 Å². The van der Waals surface area contributed by atoms with Crippen LogP contribution in [0.15, 0.2) is 18.5 Å². The molecule has 0 atom stereocenters. The first kappa shape index (κ1) is 9.87. The number of nitrogens with zero attached hydrogens (tertiary/aromatic N) is 1. The zero-order valence-corrected chi connectivity index (χ0v) is 8.86. The van der Waals surface area contributed by atoms with E-state index in [4.69, 9.17) is 11.6 Å². The first-order valence-corrected chi connectivity index (χ1v) is 4.79. The Kier molecular flexibility index (Phi) is 3.02. The van der Waals surface area contributed by atoms with Crippen molar-refractivity contribution < 1.29 is 0 Å². The van der Waals surface area contributed by atoms with E-state index in [1.165, 1.54) is 0 Å². The van der Waals surface area contributed by atoms with Crippen molar-refractivity contribution in [2.45, 2.75) is 19.3 Å². The minimum atomic E-state index is 0.0427. The van der Waals surface area contributed by atoms with Crippen LogP contribution in [0.2, 0.25) is 5.02 Å². The smallest absolute Gasteiger partial charge is 0.0592 e. The molecule has 0 fully saturated rings.